The van der Waals surface area contributed by atoms with Crippen molar-refractivity contribution in [2.24, 2.45) is 0 Å². The summed E-state index contributed by atoms with van der Waals surface area (Å²) < 4.78 is 1.51. The number of rotatable bonds is 2. The van der Waals surface area contributed by atoms with E-state index >= 15 is 0 Å². The van der Waals surface area contributed by atoms with Crippen molar-refractivity contribution in [3.63, 3.8) is 0 Å². The first kappa shape index (κ1) is 11.9. The van der Waals surface area contributed by atoms with Gasteiger partial charge in [0.05, 0.1) is 23.0 Å². The van der Waals surface area contributed by atoms with Crippen LogP contribution in [0, 0.1) is 25.2 Å². The summed E-state index contributed by atoms with van der Waals surface area (Å²) in [5.41, 5.74) is 2.81. The predicted molar refractivity (Wildman–Crippen MR) is 64.7 cm³/mol. The molecule has 0 amide bonds. The summed E-state index contributed by atoms with van der Waals surface area (Å²) in [7, 11) is 0. The minimum Gasteiger partial charge on any atom is -0.478 e. The summed E-state index contributed by atoms with van der Waals surface area (Å²) in [6.07, 6.45) is 1.47. The molecule has 0 radical (unpaired) electrons. The van der Waals surface area contributed by atoms with Crippen molar-refractivity contribution in [1.29, 1.82) is 5.26 Å². The van der Waals surface area contributed by atoms with Crippen molar-refractivity contribution in [3.8, 4) is 11.8 Å². The Morgan fingerprint density at radius 2 is 2.17 bits per heavy atom. The van der Waals surface area contributed by atoms with Gasteiger partial charge in [-0.3, -0.25) is 0 Å². The van der Waals surface area contributed by atoms with Gasteiger partial charge in [0.15, 0.2) is 0 Å². The van der Waals surface area contributed by atoms with Gasteiger partial charge in [-0.25, -0.2) is 9.48 Å². The zero-order valence-corrected chi connectivity index (χ0v) is 10.0. The quantitative estimate of drug-likeness (QED) is 0.872. The summed E-state index contributed by atoms with van der Waals surface area (Å²) in [6.45, 7) is 3.48. The van der Waals surface area contributed by atoms with E-state index in [9.17, 15) is 4.79 Å². The minimum atomic E-state index is -0.996. The number of carboxylic acid groups (broad SMARTS) is 1. The van der Waals surface area contributed by atoms with Crippen molar-refractivity contribution in [1.82, 2.24) is 9.78 Å². The SMILES string of the molecule is Cc1cc(-n2cc(C(=O)O)c(C)n2)ccc1C#N. The lowest BCUT2D eigenvalue weighted by Gasteiger charge is -2.03. The Labute approximate surface area is 104 Å². The Morgan fingerprint density at radius 3 is 2.67 bits per heavy atom. The van der Waals surface area contributed by atoms with Crippen molar-refractivity contribution in [3.05, 3.63) is 46.8 Å². The van der Waals surface area contributed by atoms with Gasteiger partial charge in [0, 0.05) is 6.20 Å². The number of hydrogen-bond donors (Lipinski definition) is 1. The smallest absolute Gasteiger partial charge is 0.339 e. The fourth-order valence-corrected chi connectivity index (χ4v) is 1.72. The average Bonchev–Trinajstić information content (AvgIpc) is 2.71. The van der Waals surface area contributed by atoms with Crippen LogP contribution in [0.5, 0.6) is 0 Å². The third kappa shape index (κ3) is 1.96. The molecule has 18 heavy (non-hydrogen) atoms. The molecule has 0 aliphatic carbocycles. The number of nitriles is 1. The number of carboxylic acids is 1. The topological polar surface area (TPSA) is 78.9 Å². The fourth-order valence-electron chi connectivity index (χ4n) is 1.72. The van der Waals surface area contributed by atoms with E-state index in [1.54, 1.807) is 25.1 Å². The first-order valence-electron chi connectivity index (χ1n) is 5.33. The van der Waals surface area contributed by atoms with Gasteiger partial charge in [-0.05, 0) is 37.6 Å². The Morgan fingerprint density at radius 1 is 1.44 bits per heavy atom. The Bertz CT molecular complexity index is 665. The highest BCUT2D eigenvalue weighted by Gasteiger charge is 2.12. The lowest BCUT2D eigenvalue weighted by Crippen LogP contribution is -1.97. The second-order valence-electron chi connectivity index (χ2n) is 3.99. The third-order valence-corrected chi connectivity index (χ3v) is 2.72. The molecule has 1 aromatic carbocycles. The molecule has 0 saturated carbocycles. The lowest BCUT2D eigenvalue weighted by atomic mass is 10.1. The van der Waals surface area contributed by atoms with Crippen LogP contribution in [-0.2, 0) is 0 Å². The Balaban J connectivity index is 2.50. The molecule has 0 aliphatic rings. The third-order valence-electron chi connectivity index (χ3n) is 2.72. The van der Waals surface area contributed by atoms with E-state index < -0.39 is 5.97 Å². The van der Waals surface area contributed by atoms with E-state index in [2.05, 4.69) is 11.2 Å². The highest BCUT2D eigenvalue weighted by atomic mass is 16.4. The first-order valence-corrected chi connectivity index (χ1v) is 5.33. The molecule has 5 heteroatoms. The van der Waals surface area contributed by atoms with Crippen molar-refractivity contribution < 1.29 is 9.90 Å². The maximum absolute atomic E-state index is 10.9. The molecule has 5 nitrogen and oxygen atoms in total. The van der Waals surface area contributed by atoms with Crippen molar-refractivity contribution in [2.45, 2.75) is 13.8 Å². The molecule has 1 aromatic heterocycles. The molecule has 2 rings (SSSR count). The number of benzene rings is 1. The van der Waals surface area contributed by atoms with Crippen LogP contribution < -0.4 is 0 Å². The standard InChI is InChI=1S/C13H11N3O2/c1-8-5-11(4-3-10(8)6-14)16-7-12(13(17)18)9(2)15-16/h3-5,7H,1-2H3,(H,17,18). The molecular formula is C13H11N3O2. The average molecular weight is 241 g/mol. The predicted octanol–water partition coefficient (Wildman–Crippen LogP) is 2.06. The Kier molecular flexibility index (Phi) is 2.86. The lowest BCUT2D eigenvalue weighted by molar-refractivity contribution is 0.0696. The van der Waals surface area contributed by atoms with Gasteiger partial charge in [-0.15, -0.1) is 0 Å². The molecule has 2 aromatic rings. The van der Waals surface area contributed by atoms with E-state index in [-0.39, 0.29) is 5.56 Å². The normalized spacial score (nSPS) is 10.1. The molecule has 0 unspecified atom stereocenters. The van der Waals surface area contributed by atoms with Crippen LogP contribution in [0.15, 0.2) is 24.4 Å². The van der Waals surface area contributed by atoms with Crippen LogP contribution in [0.1, 0.15) is 27.2 Å². The van der Waals surface area contributed by atoms with Gasteiger partial charge in [0.25, 0.3) is 0 Å². The van der Waals surface area contributed by atoms with Crippen LogP contribution in [0.4, 0.5) is 0 Å². The van der Waals surface area contributed by atoms with E-state index in [4.69, 9.17) is 10.4 Å². The largest absolute Gasteiger partial charge is 0.478 e. The number of hydrogen-bond acceptors (Lipinski definition) is 3. The van der Waals surface area contributed by atoms with Gasteiger partial charge in [0.2, 0.25) is 0 Å². The minimum absolute atomic E-state index is 0.178. The van der Waals surface area contributed by atoms with Gasteiger partial charge in [-0.1, -0.05) is 0 Å². The van der Waals surface area contributed by atoms with Gasteiger partial charge in [0.1, 0.15) is 5.56 Å². The maximum atomic E-state index is 10.9. The molecule has 0 atom stereocenters. The first-order chi connectivity index (χ1) is 8.52. The van der Waals surface area contributed by atoms with Crippen LogP contribution in [0.3, 0.4) is 0 Å². The number of aromatic nitrogens is 2. The molecule has 0 fully saturated rings. The van der Waals surface area contributed by atoms with Crippen molar-refractivity contribution >= 4 is 5.97 Å². The van der Waals surface area contributed by atoms with E-state index in [1.807, 2.05) is 6.92 Å². The van der Waals surface area contributed by atoms with E-state index in [0.717, 1.165) is 11.3 Å². The molecule has 0 spiro atoms. The summed E-state index contributed by atoms with van der Waals surface area (Å²) in [6, 6.07) is 7.32. The van der Waals surface area contributed by atoms with Crippen LogP contribution >= 0.6 is 0 Å². The Hall–Kier alpha value is -2.61. The monoisotopic (exact) mass is 241 g/mol. The molecule has 1 N–H and O–H groups in total. The van der Waals surface area contributed by atoms with Crippen molar-refractivity contribution in [2.75, 3.05) is 0 Å². The molecule has 1 heterocycles. The van der Waals surface area contributed by atoms with E-state index in [1.165, 1.54) is 10.9 Å². The highest BCUT2D eigenvalue weighted by Crippen LogP contribution is 2.15. The number of aromatic carboxylic acids is 1. The summed E-state index contributed by atoms with van der Waals surface area (Å²) in [4.78, 5) is 10.9. The second-order valence-corrected chi connectivity index (χ2v) is 3.99. The molecule has 0 saturated heterocycles. The van der Waals surface area contributed by atoms with Gasteiger partial charge >= 0.3 is 5.97 Å². The molecule has 0 aliphatic heterocycles. The fraction of sp³-hybridized carbons (Fsp3) is 0.154. The summed E-state index contributed by atoms with van der Waals surface area (Å²) in [5, 5.41) is 22.0. The highest BCUT2D eigenvalue weighted by molar-refractivity contribution is 5.88. The number of nitrogens with zero attached hydrogens (tertiary/aromatic N) is 3. The van der Waals surface area contributed by atoms with E-state index in [0.29, 0.717) is 11.3 Å². The molecular weight excluding hydrogens is 230 g/mol. The number of carbonyl (C=O) groups is 1. The molecule has 90 valence electrons. The van der Waals surface area contributed by atoms with Gasteiger partial charge in [-0.2, -0.15) is 10.4 Å². The van der Waals surface area contributed by atoms with Crippen LogP contribution in [0.25, 0.3) is 5.69 Å². The second kappa shape index (κ2) is 4.34. The summed E-state index contributed by atoms with van der Waals surface area (Å²) >= 11 is 0. The zero-order chi connectivity index (χ0) is 13.3. The van der Waals surface area contributed by atoms with Crippen LogP contribution in [0.2, 0.25) is 0 Å². The summed E-state index contributed by atoms with van der Waals surface area (Å²) in [5.74, 6) is -0.996. The van der Waals surface area contributed by atoms with Gasteiger partial charge < -0.3 is 5.11 Å². The maximum Gasteiger partial charge on any atom is 0.339 e. The number of aryl methyl sites for hydroxylation is 2. The van der Waals surface area contributed by atoms with Crippen LogP contribution in [-0.4, -0.2) is 20.9 Å². The molecule has 0 bridgehead atoms. The zero-order valence-electron chi connectivity index (χ0n) is 10.0.